The monoisotopic (exact) mass is 198 g/mol. The lowest BCUT2D eigenvalue weighted by atomic mass is 9.89. The van der Waals surface area contributed by atoms with Gasteiger partial charge in [0.2, 0.25) is 0 Å². The fourth-order valence-electron chi connectivity index (χ4n) is 3.04. The molecule has 2 fully saturated rings. The van der Waals surface area contributed by atoms with Crippen LogP contribution in [0.2, 0.25) is 0 Å². The SMILES string of the molecule is N[C@@H]1CCCC[C@H]1N1CCC[C@H]1CO. The first-order chi connectivity index (χ1) is 6.83. The van der Waals surface area contributed by atoms with Crippen LogP contribution < -0.4 is 5.73 Å². The normalized spacial score (nSPS) is 40.3. The first-order valence-electron chi connectivity index (χ1n) is 5.95. The van der Waals surface area contributed by atoms with Crippen molar-refractivity contribution in [1.82, 2.24) is 4.90 Å². The van der Waals surface area contributed by atoms with E-state index in [2.05, 4.69) is 4.90 Å². The average molecular weight is 198 g/mol. The van der Waals surface area contributed by atoms with Crippen molar-refractivity contribution < 1.29 is 5.11 Å². The van der Waals surface area contributed by atoms with Gasteiger partial charge in [-0.05, 0) is 32.2 Å². The molecule has 14 heavy (non-hydrogen) atoms. The van der Waals surface area contributed by atoms with E-state index in [0.29, 0.717) is 24.7 Å². The van der Waals surface area contributed by atoms with Gasteiger partial charge in [-0.25, -0.2) is 0 Å². The number of aliphatic hydroxyl groups excluding tert-OH is 1. The Kier molecular flexibility index (Phi) is 3.42. The molecule has 3 atom stereocenters. The van der Waals surface area contributed by atoms with Crippen molar-refractivity contribution in [2.75, 3.05) is 13.2 Å². The van der Waals surface area contributed by atoms with Gasteiger partial charge in [0.05, 0.1) is 6.61 Å². The second-order valence-corrected chi connectivity index (χ2v) is 4.73. The lowest BCUT2D eigenvalue weighted by Crippen LogP contribution is -2.52. The van der Waals surface area contributed by atoms with Crippen LogP contribution >= 0.6 is 0 Å². The molecule has 3 nitrogen and oxygen atoms in total. The van der Waals surface area contributed by atoms with Gasteiger partial charge in [-0.3, -0.25) is 4.90 Å². The molecule has 0 spiro atoms. The van der Waals surface area contributed by atoms with Gasteiger partial charge < -0.3 is 10.8 Å². The molecule has 2 rings (SSSR count). The Labute approximate surface area is 86.3 Å². The van der Waals surface area contributed by atoms with Crippen LogP contribution in [0.3, 0.4) is 0 Å². The molecule has 0 aromatic carbocycles. The second-order valence-electron chi connectivity index (χ2n) is 4.73. The van der Waals surface area contributed by atoms with Crippen molar-refractivity contribution in [2.24, 2.45) is 5.73 Å². The molecule has 0 radical (unpaired) electrons. The predicted molar refractivity (Wildman–Crippen MR) is 57.0 cm³/mol. The molecule has 2 aliphatic rings. The molecule has 3 heteroatoms. The predicted octanol–water partition coefficient (Wildman–Crippen LogP) is 0.713. The maximum Gasteiger partial charge on any atom is 0.0587 e. The first-order valence-corrected chi connectivity index (χ1v) is 5.95. The zero-order valence-electron chi connectivity index (χ0n) is 8.86. The first kappa shape index (κ1) is 10.4. The molecule has 1 saturated heterocycles. The summed E-state index contributed by atoms with van der Waals surface area (Å²) in [5.74, 6) is 0. The van der Waals surface area contributed by atoms with Crippen LogP contribution in [0.1, 0.15) is 38.5 Å². The van der Waals surface area contributed by atoms with Crippen LogP contribution in [0.5, 0.6) is 0 Å². The smallest absolute Gasteiger partial charge is 0.0587 e. The summed E-state index contributed by atoms with van der Waals surface area (Å²) in [6.45, 7) is 1.45. The molecule has 82 valence electrons. The number of rotatable bonds is 2. The van der Waals surface area contributed by atoms with Crippen LogP contribution in [-0.4, -0.2) is 41.3 Å². The van der Waals surface area contributed by atoms with E-state index >= 15 is 0 Å². The molecule has 0 amide bonds. The molecular formula is C11H22N2O. The van der Waals surface area contributed by atoms with E-state index < -0.39 is 0 Å². The molecule has 1 saturated carbocycles. The molecule has 0 aromatic heterocycles. The number of hydrogen-bond acceptors (Lipinski definition) is 3. The van der Waals surface area contributed by atoms with Crippen LogP contribution in [0.25, 0.3) is 0 Å². The quantitative estimate of drug-likeness (QED) is 0.687. The highest BCUT2D eigenvalue weighted by Gasteiger charge is 2.34. The van der Waals surface area contributed by atoms with Crippen molar-refractivity contribution in [2.45, 2.75) is 56.7 Å². The molecule has 0 aromatic rings. The summed E-state index contributed by atoms with van der Waals surface area (Å²) in [5.41, 5.74) is 6.15. The van der Waals surface area contributed by atoms with Gasteiger partial charge in [0.1, 0.15) is 0 Å². The summed E-state index contributed by atoms with van der Waals surface area (Å²) >= 11 is 0. The van der Waals surface area contributed by atoms with E-state index in [4.69, 9.17) is 5.73 Å². The lowest BCUT2D eigenvalue weighted by molar-refractivity contribution is 0.0868. The van der Waals surface area contributed by atoms with E-state index in [9.17, 15) is 5.11 Å². The van der Waals surface area contributed by atoms with Gasteiger partial charge in [-0.1, -0.05) is 12.8 Å². The largest absolute Gasteiger partial charge is 0.395 e. The fourth-order valence-corrected chi connectivity index (χ4v) is 3.04. The highest BCUT2D eigenvalue weighted by Crippen LogP contribution is 2.28. The Morgan fingerprint density at radius 1 is 1.14 bits per heavy atom. The van der Waals surface area contributed by atoms with Crippen LogP contribution in [-0.2, 0) is 0 Å². The molecular weight excluding hydrogens is 176 g/mol. The maximum atomic E-state index is 9.27. The number of aliphatic hydroxyl groups is 1. The van der Waals surface area contributed by atoms with E-state index in [1.807, 2.05) is 0 Å². The minimum Gasteiger partial charge on any atom is -0.395 e. The number of nitrogens with two attached hydrogens (primary N) is 1. The lowest BCUT2D eigenvalue weighted by Gasteiger charge is -2.38. The molecule has 0 bridgehead atoms. The Hall–Kier alpha value is -0.120. The third-order valence-electron chi connectivity index (χ3n) is 3.84. The van der Waals surface area contributed by atoms with Crippen molar-refractivity contribution in [3.8, 4) is 0 Å². The highest BCUT2D eigenvalue weighted by molar-refractivity contribution is 4.91. The molecule has 3 N–H and O–H groups in total. The summed E-state index contributed by atoms with van der Waals surface area (Å²) in [6, 6.07) is 1.28. The Bertz CT molecular complexity index is 186. The average Bonchev–Trinajstić information content (AvgIpc) is 2.66. The maximum absolute atomic E-state index is 9.27. The standard InChI is InChI=1S/C11H22N2O/c12-10-5-1-2-6-11(10)13-7-3-4-9(13)8-14/h9-11,14H,1-8,12H2/t9-,10+,11+/m0/s1. The Morgan fingerprint density at radius 2 is 1.93 bits per heavy atom. The summed E-state index contributed by atoms with van der Waals surface area (Å²) in [7, 11) is 0. The topological polar surface area (TPSA) is 49.5 Å². The fraction of sp³-hybridized carbons (Fsp3) is 1.00. The zero-order valence-corrected chi connectivity index (χ0v) is 8.86. The molecule has 1 aliphatic heterocycles. The minimum absolute atomic E-state index is 0.309. The summed E-state index contributed by atoms with van der Waals surface area (Å²) < 4.78 is 0. The summed E-state index contributed by atoms with van der Waals surface area (Å²) in [4.78, 5) is 2.46. The van der Waals surface area contributed by atoms with E-state index in [1.54, 1.807) is 0 Å². The molecule has 1 heterocycles. The number of nitrogens with zero attached hydrogens (tertiary/aromatic N) is 1. The van der Waals surface area contributed by atoms with Crippen LogP contribution in [0, 0.1) is 0 Å². The molecule has 1 aliphatic carbocycles. The zero-order chi connectivity index (χ0) is 9.97. The van der Waals surface area contributed by atoms with Gasteiger partial charge >= 0.3 is 0 Å². The minimum atomic E-state index is 0.309. The third-order valence-corrected chi connectivity index (χ3v) is 3.84. The van der Waals surface area contributed by atoms with Gasteiger partial charge in [0.25, 0.3) is 0 Å². The molecule has 0 unspecified atom stereocenters. The van der Waals surface area contributed by atoms with E-state index in [1.165, 1.54) is 32.1 Å². The summed E-state index contributed by atoms with van der Waals surface area (Å²) in [6.07, 6.45) is 7.38. The van der Waals surface area contributed by atoms with Crippen molar-refractivity contribution in [1.29, 1.82) is 0 Å². The summed E-state index contributed by atoms with van der Waals surface area (Å²) in [5, 5.41) is 9.27. The van der Waals surface area contributed by atoms with Crippen molar-refractivity contribution >= 4 is 0 Å². The number of hydrogen-bond donors (Lipinski definition) is 2. The Morgan fingerprint density at radius 3 is 2.64 bits per heavy atom. The Balaban J connectivity index is 1.97. The van der Waals surface area contributed by atoms with Crippen molar-refractivity contribution in [3.05, 3.63) is 0 Å². The van der Waals surface area contributed by atoms with E-state index in [-0.39, 0.29) is 0 Å². The van der Waals surface area contributed by atoms with Crippen molar-refractivity contribution in [3.63, 3.8) is 0 Å². The van der Waals surface area contributed by atoms with Gasteiger partial charge in [-0.2, -0.15) is 0 Å². The van der Waals surface area contributed by atoms with Crippen LogP contribution in [0.4, 0.5) is 0 Å². The van der Waals surface area contributed by atoms with E-state index in [0.717, 1.165) is 13.0 Å². The van der Waals surface area contributed by atoms with Crippen LogP contribution in [0.15, 0.2) is 0 Å². The van der Waals surface area contributed by atoms with Gasteiger partial charge in [0.15, 0.2) is 0 Å². The van der Waals surface area contributed by atoms with Gasteiger partial charge in [0, 0.05) is 18.1 Å². The third kappa shape index (κ3) is 1.95. The number of likely N-dealkylation sites (tertiary alicyclic amines) is 1. The highest BCUT2D eigenvalue weighted by atomic mass is 16.3. The second kappa shape index (κ2) is 4.60. The van der Waals surface area contributed by atoms with Gasteiger partial charge in [-0.15, -0.1) is 0 Å².